The molecule has 11 heteroatoms. The molecule has 0 saturated heterocycles. The highest BCUT2D eigenvalue weighted by Gasteiger charge is 2.30. The molecule has 2 rings (SSSR count). The lowest BCUT2D eigenvalue weighted by Gasteiger charge is -2.22. The summed E-state index contributed by atoms with van der Waals surface area (Å²) in [4.78, 5) is 44.7. The fraction of sp³-hybridized carbons (Fsp3) is 0.316. The van der Waals surface area contributed by atoms with E-state index in [0.29, 0.717) is 5.56 Å². The molecule has 30 heavy (non-hydrogen) atoms. The van der Waals surface area contributed by atoms with Crippen molar-refractivity contribution in [2.75, 3.05) is 13.7 Å². The fourth-order valence-electron chi connectivity index (χ4n) is 2.63. The van der Waals surface area contributed by atoms with E-state index in [0.717, 1.165) is 0 Å². The molecule has 10 nitrogen and oxygen atoms in total. The van der Waals surface area contributed by atoms with Gasteiger partial charge in [-0.15, -0.1) is 0 Å². The maximum absolute atomic E-state index is 12.6. The van der Waals surface area contributed by atoms with E-state index < -0.39 is 30.9 Å². The molecule has 1 unspecified atom stereocenters. The molecule has 1 aromatic carbocycles. The van der Waals surface area contributed by atoms with Crippen LogP contribution in [0, 0.1) is 0 Å². The van der Waals surface area contributed by atoms with Gasteiger partial charge in [-0.3, -0.25) is 19.4 Å². The molecule has 0 radical (unpaired) electrons. The molecule has 0 saturated carbocycles. The van der Waals surface area contributed by atoms with Gasteiger partial charge in [-0.2, -0.15) is 0 Å². The summed E-state index contributed by atoms with van der Waals surface area (Å²) in [5.41, 5.74) is 0.502. The normalized spacial score (nSPS) is 12.5. The van der Waals surface area contributed by atoms with Gasteiger partial charge >= 0.3 is 7.12 Å². The number of aromatic nitrogens is 2. The first-order chi connectivity index (χ1) is 14.4. The predicted molar refractivity (Wildman–Crippen MR) is 107 cm³/mol. The second-order valence-corrected chi connectivity index (χ2v) is 6.43. The molecule has 0 bridgehead atoms. The molecule has 0 aliphatic rings. The van der Waals surface area contributed by atoms with E-state index in [1.165, 1.54) is 25.7 Å². The highest BCUT2D eigenvalue weighted by molar-refractivity contribution is 6.43. The Morgan fingerprint density at radius 2 is 1.87 bits per heavy atom. The lowest BCUT2D eigenvalue weighted by atomic mass is 9.76. The average Bonchev–Trinajstić information content (AvgIpc) is 2.76. The van der Waals surface area contributed by atoms with Crippen LogP contribution >= 0.6 is 0 Å². The van der Waals surface area contributed by atoms with Gasteiger partial charge in [0.2, 0.25) is 5.91 Å². The number of amides is 2. The van der Waals surface area contributed by atoms with Crippen molar-refractivity contribution in [1.82, 2.24) is 20.6 Å². The monoisotopic (exact) mass is 414 g/mol. The van der Waals surface area contributed by atoms with Crippen LogP contribution in [-0.4, -0.2) is 70.4 Å². The smallest absolute Gasteiger partial charge is 0.426 e. The Balaban J connectivity index is 1.98. The van der Waals surface area contributed by atoms with E-state index >= 15 is 0 Å². The van der Waals surface area contributed by atoms with Crippen molar-refractivity contribution in [2.24, 2.45) is 0 Å². The number of hydrogen-bond acceptors (Lipinski definition) is 8. The van der Waals surface area contributed by atoms with Crippen molar-refractivity contribution in [3.05, 3.63) is 60.2 Å². The van der Waals surface area contributed by atoms with Gasteiger partial charge in [-0.05, 0) is 6.42 Å². The predicted octanol–water partition coefficient (Wildman–Crippen LogP) is -0.619. The molecular weight excluding hydrogens is 391 g/mol. The molecule has 0 spiro atoms. The van der Waals surface area contributed by atoms with E-state index in [2.05, 4.69) is 20.6 Å². The van der Waals surface area contributed by atoms with Crippen LogP contribution in [0.15, 0.2) is 48.9 Å². The first kappa shape index (κ1) is 23.1. The quantitative estimate of drug-likeness (QED) is 0.281. The Morgan fingerprint density at radius 1 is 1.13 bits per heavy atom. The highest BCUT2D eigenvalue weighted by atomic mass is 16.5. The second kappa shape index (κ2) is 11.8. The van der Waals surface area contributed by atoms with E-state index in [4.69, 9.17) is 4.74 Å². The number of methoxy groups -OCH3 is 1. The molecule has 2 atom stereocenters. The van der Waals surface area contributed by atoms with Crippen LogP contribution in [0.1, 0.15) is 33.7 Å². The number of ether oxygens (including phenoxy) is 1. The number of nitrogens with zero attached hydrogens (tertiary/aromatic N) is 2. The van der Waals surface area contributed by atoms with Crippen molar-refractivity contribution < 1.29 is 29.2 Å². The van der Waals surface area contributed by atoms with Gasteiger partial charge in [0.05, 0.1) is 18.7 Å². The highest BCUT2D eigenvalue weighted by Crippen LogP contribution is 2.08. The number of benzene rings is 1. The number of hydrogen-bond donors (Lipinski definition) is 4. The topological polar surface area (TPSA) is 151 Å². The minimum atomic E-state index is -1.89. The molecular formula is C19H23BN4O6. The zero-order valence-electron chi connectivity index (χ0n) is 16.4. The van der Waals surface area contributed by atoms with Gasteiger partial charge in [-0.25, -0.2) is 4.98 Å². The summed E-state index contributed by atoms with van der Waals surface area (Å²) in [6.07, 6.45) is 3.97. The molecule has 158 valence electrons. The fourth-order valence-corrected chi connectivity index (χ4v) is 2.63. The van der Waals surface area contributed by atoms with Crippen molar-refractivity contribution >= 4 is 24.7 Å². The molecule has 2 amide bonds. The SMILES string of the molecule is COCC(NC(=O)c1cnccn1)C(=O)N[C@@H](CCC(=O)c1ccccc1)B(O)O. The van der Waals surface area contributed by atoms with Crippen LogP contribution in [0.4, 0.5) is 0 Å². The number of ketones is 1. The molecule has 4 N–H and O–H groups in total. The molecule has 2 aromatic rings. The van der Waals surface area contributed by atoms with Crippen LogP contribution in [-0.2, 0) is 9.53 Å². The van der Waals surface area contributed by atoms with Crippen LogP contribution < -0.4 is 10.6 Å². The Hall–Kier alpha value is -3.15. The standard InChI is InChI=1S/C19H23BN4O6/c1-30-12-15(23-18(26)14-11-21-9-10-22-14)19(27)24-17(20(28)29)8-7-16(25)13-5-3-2-4-6-13/h2-6,9-11,15,17,28-29H,7-8,12H2,1H3,(H,23,26)(H,24,27)/t15?,17-/m0/s1. The van der Waals surface area contributed by atoms with Crippen molar-refractivity contribution in [2.45, 2.75) is 24.8 Å². The lowest BCUT2D eigenvalue weighted by molar-refractivity contribution is -0.124. The zero-order chi connectivity index (χ0) is 21.9. The maximum atomic E-state index is 12.6. The van der Waals surface area contributed by atoms with Crippen LogP contribution in [0.25, 0.3) is 0 Å². The summed E-state index contributed by atoms with van der Waals surface area (Å²) in [6.45, 7) is -0.158. The Bertz CT molecular complexity index is 837. The summed E-state index contributed by atoms with van der Waals surface area (Å²) >= 11 is 0. The molecule has 1 aromatic heterocycles. The van der Waals surface area contributed by atoms with E-state index in [1.807, 2.05) is 0 Å². The maximum Gasteiger partial charge on any atom is 0.475 e. The van der Waals surface area contributed by atoms with Gasteiger partial charge in [0.1, 0.15) is 11.7 Å². The largest absolute Gasteiger partial charge is 0.475 e. The average molecular weight is 414 g/mol. The van der Waals surface area contributed by atoms with Gasteiger partial charge in [-0.1, -0.05) is 30.3 Å². The first-order valence-corrected chi connectivity index (χ1v) is 9.23. The summed E-state index contributed by atoms with van der Waals surface area (Å²) in [5.74, 6) is -2.64. The van der Waals surface area contributed by atoms with Crippen molar-refractivity contribution in [3.8, 4) is 0 Å². The third kappa shape index (κ3) is 7.03. The number of nitrogens with one attached hydrogen (secondary N) is 2. The number of carbonyl (C=O) groups is 3. The van der Waals surface area contributed by atoms with Crippen molar-refractivity contribution in [1.29, 1.82) is 0 Å². The minimum absolute atomic E-state index is 0.00502. The Labute approximate surface area is 173 Å². The van der Waals surface area contributed by atoms with Crippen LogP contribution in [0.3, 0.4) is 0 Å². The molecule has 0 aliphatic carbocycles. The van der Waals surface area contributed by atoms with Gasteiger partial charge in [0.25, 0.3) is 5.91 Å². The molecule has 1 heterocycles. The summed E-state index contributed by atoms with van der Waals surface area (Å²) in [6, 6.07) is 7.42. The van der Waals surface area contributed by atoms with Gasteiger partial charge in [0, 0.05) is 31.5 Å². The lowest BCUT2D eigenvalue weighted by Crippen LogP contribution is -2.55. The van der Waals surface area contributed by atoms with E-state index in [1.54, 1.807) is 30.3 Å². The van der Waals surface area contributed by atoms with Gasteiger partial charge in [0.15, 0.2) is 5.78 Å². The minimum Gasteiger partial charge on any atom is -0.426 e. The van der Waals surface area contributed by atoms with Gasteiger partial charge < -0.3 is 25.4 Å². The third-order valence-corrected chi connectivity index (χ3v) is 4.22. The Kier molecular flexibility index (Phi) is 9.07. The molecule has 0 fully saturated rings. The summed E-state index contributed by atoms with van der Waals surface area (Å²) < 4.78 is 4.97. The van der Waals surface area contributed by atoms with E-state index in [-0.39, 0.29) is 30.9 Å². The first-order valence-electron chi connectivity index (χ1n) is 9.23. The third-order valence-electron chi connectivity index (χ3n) is 4.22. The number of Topliss-reactive ketones (excluding diaryl/α,β-unsaturated/α-hetero) is 1. The van der Waals surface area contributed by atoms with E-state index in [9.17, 15) is 24.4 Å². The van der Waals surface area contributed by atoms with Crippen molar-refractivity contribution in [3.63, 3.8) is 0 Å². The number of rotatable bonds is 11. The van der Waals surface area contributed by atoms with Crippen LogP contribution in [0.2, 0.25) is 0 Å². The molecule has 0 aliphatic heterocycles. The summed E-state index contributed by atoms with van der Waals surface area (Å²) in [7, 11) is -0.539. The summed E-state index contributed by atoms with van der Waals surface area (Å²) in [5, 5.41) is 24.1. The number of carbonyl (C=O) groups excluding carboxylic acids is 3. The second-order valence-electron chi connectivity index (χ2n) is 6.43. The Morgan fingerprint density at radius 3 is 2.47 bits per heavy atom. The zero-order valence-corrected chi connectivity index (χ0v) is 16.4. The van der Waals surface area contributed by atoms with Crippen LogP contribution in [0.5, 0.6) is 0 Å².